The first-order valence-electron chi connectivity index (χ1n) is 9.27. The molecule has 6 nitrogen and oxygen atoms in total. The maximum atomic E-state index is 12.0. The number of hydrogen-bond donors (Lipinski definition) is 2. The van der Waals surface area contributed by atoms with Gasteiger partial charge < -0.3 is 10.2 Å². The highest BCUT2D eigenvalue weighted by Gasteiger charge is 2.26. The van der Waals surface area contributed by atoms with Crippen LogP contribution in [0.1, 0.15) is 43.6 Å². The molecule has 0 aliphatic heterocycles. The number of rotatable bonds is 9. The lowest BCUT2D eigenvalue weighted by Crippen LogP contribution is -3.06. The van der Waals surface area contributed by atoms with Crippen LogP contribution in [0.3, 0.4) is 0 Å². The van der Waals surface area contributed by atoms with E-state index < -0.39 is 0 Å². The zero-order valence-electron chi connectivity index (χ0n) is 15.7. The van der Waals surface area contributed by atoms with Crippen LogP contribution in [0, 0.1) is 0 Å². The van der Waals surface area contributed by atoms with Crippen molar-refractivity contribution in [2.75, 3.05) is 19.8 Å². The van der Waals surface area contributed by atoms with Gasteiger partial charge in [-0.3, -0.25) is 9.36 Å². The Morgan fingerprint density at radius 3 is 2.65 bits per heavy atom. The Hall–Kier alpha value is -1.86. The minimum absolute atomic E-state index is 0.0820. The Morgan fingerprint density at radius 2 is 2.04 bits per heavy atom. The fourth-order valence-electron chi connectivity index (χ4n) is 3.06. The average Bonchev–Trinajstić information content (AvgIpc) is 3.36. The van der Waals surface area contributed by atoms with Crippen molar-refractivity contribution in [3.8, 4) is 0 Å². The summed E-state index contributed by atoms with van der Waals surface area (Å²) in [7, 11) is 4.29. The van der Waals surface area contributed by atoms with E-state index in [4.69, 9.17) is 0 Å². The summed E-state index contributed by atoms with van der Waals surface area (Å²) < 4.78 is 2.17. The summed E-state index contributed by atoms with van der Waals surface area (Å²) in [5, 5.41) is 12.8. The molecule has 0 saturated heterocycles. The van der Waals surface area contributed by atoms with Gasteiger partial charge in [0, 0.05) is 12.5 Å². The van der Waals surface area contributed by atoms with Crippen molar-refractivity contribution in [2.24, 2.45) is 0 Å². The highest BCUT2D eigenvalue weighted by atomic mass is 32.2. The van der Waals surface area contributed by atoms with Gasteiger partial charge in [0.05, 0.1) is 26.4 Å². The molecule has 1 atom stereocenters. The number of carbonyl (C=O) groups is 1. The standard InChI is InChI=1S/C19H27N5OS/c1-4-16(23(2)3)18-21-22-19(26-13-17(25)20-15-10-11-15)24(18)12-14-8-6-5-7-9-14/h5-9,15-16H,4,10-13H2,1-3H3,(H,20,25)/p+1/t16-/m1/s1. The largest absolute Gasteiger partial charge is 0.353 e. The Labute approximate surface area is 159 Å². The number of benzene rings is 1. The number of quaternary nitrogens is 1. The van der Waals surface area contributed by atoms with Crippen LogP contribution in [0.2, 0.25) is 0 Å². The van der Waals surface area contributed by atoms with Gasteiger partial charge in [-0.05, 0) is 18.4 Å². The van der Waals surface area contributed by atoms with E-state index >= 15 is 0 Å². The third-order valence-electron chi connectivity index (χ3n) is 4.62. The summed E-state index contributed by atoms with van der Waals surface area (Å²) >= 11 is 1.47. The van der Waals surface area contributed by atoms with Crippen LogP contribution in [0.5, 0.6) is 0 Å². The van der Waals surface area contributed by atoms with E-state index in [0.29, 0.717) is 11.8 Å². The van der Waals surface area contributed by atoms with Gasteiger partial charge in [0.25, 0.3) is 0 Å². The second-order valence-corrected chi connectivity index (χ2v) is 8.02. The highest BCUT2D eigenvalue weighted by molar-refractivity contribution is 7.99. The van der Waals surface area contributed by atoms with E-state index in [1.54, 1.807) is 0 Å². The third kappa shape index (κ3) is 4.86. The molecule has 0 unspecified atom stereocenters. The molecule has 1 aliphatic carbocycles. The topological polar surface area (TPSA) is 64.2 Å². The molecule has 7 heteroatoms. The smallest absolute Gasteiger partial charge is 0.230 e. The molecule has 2 N–H and O–H groups in total. The third-order valence-corrected chi connectivity index (χ3v) is 5.59. The second kappa shape index (κ2) is 8.68. The first kappa shape index (κ1) is 18.9. The van der Waals surface area contributed by atoms with E-state index in [1.165, 1.54) is 22.2 Å². The molecular formula is C19H28N5OS+. The first-order chi connectivity index (χ1) is 12.6. The van der Waals surface area contributed by atoms with Crippen molar-refractivity contribution < 1.29 is 9.69 Å². The van der Waals surface area contributed by atoms with Crippen LogP contribution in [0.15, 0.2) is 35.5 Å². The van der Waals surface area contributed by atoms with Gasteiger partial charge in [-0.2, -0.15) is 0 Å². The molecule has 3 rings (SSSR count). The fraction of sp³-hybridized carbons (Fsp3) is 0.526. The summed E-state index contributed by atoms with van der Waals surface area (Å²) in [4.78, 5) is 13.4. The fourth-order valence-corrected chi connectivity index (χ4v) is 3.81. The van der Waals surface area contributed by atoms with Crippen molar-refractivity contribution >= 4 is 17.7 Å². The lowest BCUT2D eigenvalue weighted by Gasteiger charge is -2.20. The van der Waals surface area contributed by atoms with Crippen LogP contribution < -0.4 is 10.2 Å². The molecule has 1 amide bonds. The number of amides is 1. The van der Waals surface area contributed by atoms with Crippen molar-refractivity contribution in [1.29, 1.82) is 0 Å². The molecule has 1 aromatic heterocycles. The van der Waals surface area contributed by atoms with Crippen LogP contribution in [0.4, 0.5) is 0 Å². The van der Waals surface area contributed by atoms with Gasteiger partial charge >= 0.3 is 0 Å². The maximum absolute atomic E-state index is 12.0. The van der Waals surface area contributed by atoms with Gasteiger partial charge in [0.2, 0.25) is 5.91 Å². The van der Waals surface area contributed by atoms with E-state index in [9.17, 15) is 4.79 Å². The van der Waals surface area contributed by atoms with Crippen molar-refractivity contribution in [3.63, 3.8) is 0 Å². The number of hydrogen-bond acceptors (Lipinski definition) is 4. The van der Waals surface area contributed by atoms with E-state index in [0.717, 1.165) is 36.8 Å². The Morgan fingerprint density at radius 1 is 1.31 bits per heavy atom. The van der Waals surface area contributed by atoms with Gasteiger partial charge in [0.1, 0.15) is 6.04 Å². The monoisotopic (exact) mass is 374 g/mol. The predicted molar refractivity (Wildman–Crippen MR) is 103 cm³/mol. The molecular weight excluding hydrogens is 346 g/mol. The van der Waals surface area contributed by atoms with Gasteiger partial charge in [-0.1, -0.05) is 49.0 Å². The molecule has 1 aliphatic rings. The minimum atomic E-state index is 0.0820. The summed E-state index contributed by atoms with van der Waals surface area (Å²) in [6.45, 7) is 2.90. The molecule has 0 bridgehead atoms. The Kier molecular flexibility index (Phi) is 6.32. The molecule has 140 valence electrons. The van der Waals surface area contributed by atoms with Crippen molar-refractivity contribution in [2.45, 2.75) is 50.0 Å². The van der Waals surface area contributed by atoms with Crippen molar-refractivity contribution in [3.05, 3.63) is 41.7 Å². The number of aromatic nitrogens is 3. The molecule has 2 aromatic rings. The number of thioether (sulfide) groups is 1. The lowest BCUT2D eigenvalue weighted by atomic mass is 10.2. The summed E-state index contributed by atoms with van der Waals surface area (Å²) in [5.74, 6) is 1.45. The highest BCUT2D eigenvalue weighted by Crippen LogP contribution is 2.23. The quantitative estimate of drug-likeness (QED) is 0.650. The normalized spacial score (nSPS) is 15.2. The van der Waals surface area contributed by atoms with Crippen LogP contribution in [-0.4, -0.2) is 46.6 Å². The maximum Gasteiger partial charge on any atom is 0.230 e. The summed E-state index contributed by atoms with van der Waals surface area (Å²) in [6.07, 6.45) is 3.20. The zero-order chi connectivity index (χ0) is 18.5. The van der Waals surface area contributed by atoms with E-state index in [2.05, 4.69) is 53.2 Å². The SMILES string of the molecule is CC[C@H](c1nnc(SCC(=O)NC2CC2)n1Cc1ccccc1)[NH+](C)C. The molecule has 0 spiro atoms. The second-order valence-electron chi connectivity index (χ2n) is 7.08. The van der Waals surface area contributed by atoms with Crippen LogP contribution in [-0.2, 0) is 11.3 Å². The summed E-state index contributed by atoms with van der Waals surface area (Å²) in [5.41, 5.74) is 1.21. The van der Waals surface area contributed by atoms with E-state index in [-0.39, 0.29) is 11.9 Å². The lowest BCUT2D eigenvalue weighted by molar-refractivity contribution is -0.893. The molecule has 1 heterocycles. The Balaban J connectivity index is 1.80. The van der Waals surface area contributed by atoms with Gasteiger partial charge in [-0.15, -0.1) is 10.2 Å². The van der Waals surface area contributed by atoms with Crippen LogP contribution >= 0.6 is 11.8 Å². The number of nitrogens with zero attached hydrogens (tertiary/aromatic N) is 3. The van der Waals surface area contributed by atoms with Crippen LogP contribution in [0.25, 0.3) is 0 Å². The molecule has 1 fully saturated rings. The summed E-state index contributed by atoms with van der Waals surface area (Å²) in [6, 6.07) is 11.0. The predicted octanol–water partition coefficient (Wildman–Crippen LogP) is 1.29. The van der Waals surface area contributed by atoms with Crippen molar-refractivity contribution in [1.82, 2.24) is 20.1 Å². The Bertz CT molecular complexity index is 727. The van der Waals surface area contributed by atoms with E-state index in [1.807, 2.05) is 18.2 Å². The molecule has 0 radical (unpaired) electrons. The molecule has 26 heavy (non-hydrogen) atoms. The average molecular weight is 375 g/mol. The molecule has 1 aromatic carbocycles. The minimum Gasteiger partial charge on any atom is -0.353 e. The van der Waals surface area contributed by atoms with Gasteiger partial charge in [0.15, 0.2) is 11.0 Å². The zero-order valence-corrected chi connectivity index (χ0v) is 16.6. The number of nitrogens with one attached hydrogen (secondary N) is 2. The molecule has 1 saturated carbocycles. The first-order valence-corrected chi connectivity index (χ1v) is 10.3. The van der Waals surface area contributed by atoms with Gasteiger partial charge in [-0.25, -0.2) is 0 Å². The number of carbonyl (C=O) groups excluding carboxylic acids is 1.